The molecule has 0 fully saturated rings. The number of halogens is 1. The van der Waals surface area contributed by atoms with Crippen molar-refractivity contribution in [3.05, 3.63) is 74.9 Å². The highest BCUT2D eigenvalue weighted by Crippen LogP contribution is 2.20. The lowest BCUT2D eigenvalue weighted by Gasteiger charge is -2.08. The third kappa shape index (κ3) is 3.90. The maximum absolute atomic E-state index is 12.0. The molecular formula is C17H14ClN3O2S. The molecule has 5 nitrogen and oxygen atoms in total. The third-order valence-corrected chi connectivity index (χ3v) is 4.46. The van der Waals surface area contributed by atoms with Gasteiger partial charge < -0.3 is 5.32 Å². The summed E-state index contributed by atoms with van der Waals surface area (Å²) in [5.41, 5.74) is 1.02. The number of nitrogens with zero attached hydrogens (tertiary/aromatic N) is 2. The molecule has 0 saturated carbocycles. The number of nitrogens with one attached hydrogen (secondary N) is 1. The van der Waals surface area contributed by atoms with Crippen molar-refractivity contribution in [1.29, 1.82) is 0 Å². The Morgan fingerprint density at radius 2 is 2.08 bits per heavy atom. The molecule has 0 spiro atoms. The molecule has 0 saturated heterocycles. The zero-order valence-corrected chi connectivity index (χ0v) is 14.2. The Morgan fingerprint density at radius 1 is 1.21 bits per heavy atom. The van der Waals surface area contributed by atoms with Gasteiger partial charge in [-0.15, -0.1) is 11.3 Å². The highest BCUT2D eigenvalue weighted by atomic mass is 35.5. The molecule has 1 aromatic carbocycles. The summed E-state index contributed by atoms with van der Waals surface area (Å²) < 4.78 is 1.35. The van der Waals surface area contributed by atoms with E-state index in [4.69, 9.17) is 11.6 Å². The van der Waals surface area contributed by atoms with Crippen molar-refractivity contribution < 1.29 is 4.79 Å². The number of hydrogen-bond acceptors (Lipinski definition) is 4. The topological polar surface area (TPSA) is 64.0 Å². The summed E-state index contributed by atoms with van der Waals surface area (Å²) in [6, 6.07) is 13.8. The smallest absolute Gasteiger partial charge is 0.266 e. The molecule has 0 aliphatic heterocycles. The molecule has 2 aromatic heterocycles. The second-order valence-corrected chi connectivity index (χ2v) is 6.41. The number of rotatable bonds is 5. The molecule has 1 N–H and O–H groups in total. The van der Waals surface area contributed by atoms with Gasteiger partial charge in [0.2, 0.25) is 0 Å². The zero-order valence-electron chi connectivity index (χ0n) is 12.6. The van der Waals surface area contributed by atoms with E-state index in [0.29, 0.717) is 23.7 Å². The average molecular weight is 360 g/mol. The highest BCUT2D eigenvalue weighted by molar-refractivity contribution is 7.13. The average Bonchev–Trinajstić information content (AvgIpc) is 3.11. The van der Waals surface area contributed by atoms with Gasteiger partial charge in [-0.05, 0) is 35.7 Å². The molecule has 0 radical (unpaired) electrons. The Labute approximate surface area is 147 Å². The van der Waals surface area contributed by atoms with Gasteiger partial charge in [0.15, 0.2) is 0 Å². The molecule has 0 aliphatic rings. The van der Waals surface area contributed by atoms with Gasteiger partial charge in [0, 0.05) is 23.2 Å². The first-order chi connectivity index (χ1) is 11.6. The van der Waals surface area contributed by atoms with E-state index in [0.717, 1.165) is 10.6 Å². The van der Waals surface area contributed by atoms with Gasteiger partial charge in [-0.25, -0.2) is 4.68 Å². The van der Waals surface area contributed by atoms with Gasteiger partial charge in [0.05, 0.1) is 11.4 Å². The second kappa shape index (κ2) is 7.42. The summed E-state index contributed by atoms with van der Waals surface area (Å²) in [4.78, 5) is 24.9. The predicted octanol–water partition coefficient (Wildman–Crippen LogP) is 3.06. The summed E-state index contributed by atoms with van der Waals surface area (Å²) in [6.45, 7) is 0.594. The number of thiophene rings is 1. The van der Waals surface area contributed by atoms with Crippen molar-refractivity contribution in [3.63, 3.8) is 0 Å². The van der Waals surface area contributed by atoms with Crippen LogP contribution in [0.25, 0.3) is 10.6 Å². The first-order valence-corrected chi connectivity index (χ1v) is 8.55. The van der Waals surface area contributed by atoms with Crippen LogP contribution < -0.4 is 10.9 Å². The van der Waals surface area contributed by atoms with E-state index in [1.807, 2.05) is 17.5 Å². The van der Waals surface area contributed by atoms with Crippen molar-refractivity contribution >= 4 is 28.8 Å². The Kier molecular flexibility index (Phi) is 5.08. The van der Waals surface area contributed by atoms with E-state index in [-0.39, 0.29) is 11.5 Å². The van der Waals surface area contributed by atoms with Crippen molar-refractivity contribution in [2.45, 2.75) is 6.54 Å². The second-order valence-electron chi connectivity index (χ2n) is 5.02. The fourth-order valence-corrected chi connectivity index (χ4v) is 3.05. The van der Waals surface area contributed by atoms with Gasteiger partial charge in [0.1, 0.15) is 5.69 Å². The SMILES string of the molecule is O=C(NCCn1nc(-c2cccs2)ccc1=O)c1cccc(Cl)c1. The molecule has 1 amide bonds. The summed E-state index contributed by atoms with van der Waals surface area (Å²) in [5, 5.41) is 9.56. The number of carbonyl (C=O) groups is 1. The van der Waals surface area contributed by atoms with Crippen molar-refractivity contribution in [3.8, 4) is 10.6 Å². The maximum atomic E-state index is 12.0. The Balaban J connectivity index is 1.65. The van der Waals surface area contributed by atoms with Crippen LogP contribution in [0, 0.1) is 0 Å². The molecule has 122 valence electrons. The molecular weight excluding hydrogens is 346 g/mol. The van der Waals surface area contributed by atoms with E-state index in [2.05, 4.69) is 10.4 Å². The molecule has 0 bridgehead atoms. The van der Waals surface area contributed by atoms with Crippen LogP contribution in [0.3, 0.4) is 0 Å². The van der Waals surface area contributed by atoms with Crippen LogP contribution >= 0.6 is 22.9 Å². The zero-order chi connectivity index (χ0) is 16.9. The standard InChI is InChI=1S/C17H14ClN3O2S/c18-13-4-1-3-12(11-13)17(23)19-8-9-21-16(22)7-6-14(20-21)15-5-2-10-24-15/h1-7,10-11H,8-9H2,(H,19,23). The van der Waals surface area contributed by atoms with E-state index >= 15 is 0 Å². The normalized spacial score (nSPS) is 10.5. The number of hydrogen-bond donors (Lipinski definition) is 1. The highest BCUT2D eigenvalue weighted by Gasteiger charge is 2.07. The van der Waals surface area contributed by atoms with Crippen molar-refractivity contribution in [2.75, 3.05) is 6.54 Å². The lowest BCUT2D eigenvalue weighted by atomic mass is 10.2. The number of carbonyl (C=O) groups excluding carboxylic acids is 1. The van der Waals surface area contributed by atoms with E-state index in [1.54, 1.807) is 41.7 Å². The van der Waals surface area contributed by atoms with Crippen LogP contribution in [0.1, 0.15) is 10.4 Å². The monoisotopic (exact) mass is 359 g/mol. The molecule has 3 aromatic rings. The Morgan fingerprint density at radius 3 is 2.83 bits per heavy atom. The summed E-state index contributed by atoms with van der Waals surface area (Å²) in [5.74, 6) is -0.236. The number of aromatic nitrogens is 2. The number of benzene rings is 1. The van der Waals surface area contributed by atoms with Gasteiger partial charge >= 0.3 is 0 Å². The fraction of sp³-hybridized carbons (Fsp3) is 0.118. The van der Waals surface area contributed by atoms with Gasteiger partial charge in [0.25, 0.3) is 11.5 Å². The maximum Gasteiger partial charge on any atom is 0.266 e. The molecule has 2 heterocycles. The quantitative estimate of drug-likeness (QED) is 0.761. The minimum atomic E-state index is -0.236. The molecule has 0 aliphatic carbocycles. The molecule has 24 heavy (non-hydrogen) atoms. The van der Waals surface area contributed by atoms with Crippen molar-refractivity contribution in [1.82, 2.24) is 15.1 Å². The summed E-state index contributed by atoms with van der Waals surface area (Å²) >= 11 is 7.43. The van der Waals surface area contributed by atoms with Crippen LogP contribution in [0.15, 0.2) is 58.7 Å². The van der Waals surface area contributed by atoms with Crippen LogP contribution in [-0.4, -0.2) is 22.2 Å². The lowest BCUT2D eigenvalue weighted by Crippen LogP contribution is -2.31. The van der Waals surface area contributed by atoms with Crippen LogP contribution in [-0.2, 0) is 6.54 Å². The van der Waals surface area contributed by atoms with Crippen LogP contribution in [0.4, 0.5) is 0 Å². The first-order valence-electron chi connectivity index (χ1n) is 7.29. The largest absolute Gasteiger partial charge is 0.350 e. The van der Waals surface area contributed by atoms with E-state index in [9.17, 15) is 9.59 Å². The molecule has 0 atom stereocenters. The molecule has 0 unspecified atom stereocenters. The molecule has 7 heteroatoms. The van der Waals surface area contributed by atoms with Gasteiger partial charge in [-0.3, -0.25) is 9.59 Å². The summed E-state index contributed by atoms with van der Waals surface area (Å²) in [7, 11) is 0. The molecule has 3 rings (SSSR count). The Bertz CT molecular complexity index is 906. The fourth-order valence-electron chi connectivity index (χ4n) is 2.17. The predicted molar refractivity (Wildman–Crippen MR) is 95.6 cm³/mol. The van der Waals surface area contributed by atoms with Crippen LogP contribution in [0.5, 0.6) is 0 Å². The summed E-state index contributed by atoms with van der Waals surface area (Å²) in [6.07, 6.45) is 0. The first kappa shape index (κ1) is 16.4. The van der Waals surface area contributed by atoms with Gasteiger partial charge in [-0.1, -0.05) is 23.7 Å². The minimum absolute atomic E-state index is 0.202. The van der Waals surface area contributed by atoms with Crippen LogP contribution in [0.2, 0.25) is 5.02 Å². The van der Waals surface area contributed by atoms with Crippen molar-refractivity contribution in [2.24, 2.45) is 0 Å². The van der Waals surface area contributed by atoms with E-state index in [1.165, 1.54) is 10.7 Å². The van der Waals surface area contributed by atoms with E-state index < -0.39 is 0 Å². The third-order valence-electron chi connectivity index (χ3n) is 3.34. The number of amides is 1. The lowest BCUT2D eigenvalue weighted by molar-refractivity contribution is 0.0951. The Hall–Kier alpha value is -2.44. The minimum Gasteiger partial charge on any atom is -0.350 e. The van der Waals surface area contributed by atoms with Gasteiger partial charge in [-0.2, -0.15) is 5.10 Å².